The number of thioether (sulfide) groups is 1. The lowest BCUT2D eigenvalue weighted by atomic mass is 10.3. The molecule has 0 radical (unpaired) electrons. The van der Waals surface area contributed by atoms with Crippen molar-refractivity contribution in [3.63, 3.8) is 0 Å². The Labute approximate surface area is 166 Å². The number of carbonyl (C=O) groups excluding carboxylic acids is 3. The van der Waals surface area contributed by atoms with E-state index in [-0.39, 0.29) is 17.4 Å². The van der Waals surface area contributed by atoms with Gasteiger partial charge in [0, 0.05) is 6.07 Å². The van der Waals surface area contributed by atoms with Gasteiger partial charge in [0.05, 0.1) is 23.8 Å². The Kier molecular flexibility index (Phi) is 8.35. The maximum atomic E-state index is 11.9. The van der Waals surface area contributed by atoms with Gasteiger partial charge in [-0.15, -0.1) is 11.8 Å². The van der Waals surface area contributed by atoms with Gasteiger partial charge in [0.15, 0.2) is 12.4 Å². The fourth-order valence-electron chi connectivity index (χ4n) is 2.06. The Balaban J connectivity index is 1.65. The van der Waals surface area contributed by atoms with Crippen LogP contribution in [0.15, 0.2) is 34.9 Å². The maximum Gasteiger partial charge on any atom is 0.316 e. The van der Waals surface area contributed by atoms with E-state index in [0.29, 0.717) is 29.6 Å². The smallest absolute Gasteiger partial charge is 0.316 e. The Morgan fingerprint density at radius 3 is 2.64 bits per heavy atom. The average molecular weight is 407 g/mol. The van der Waals surface area contributed by atoms with Crippen LogP contribution in [-0.2, 0) is 19.1 Å². The summed E-state index contributed by atoms with van der Waals surface area (Å²) >= 11 is 1.06. The van der Waals surface area contributed by atoms with E-state index < -0.39 is 18.5 Å². The minimum Gasteiger partial charge on any atom is -0.492 e. The fraction of sp³-hybridized carbons (Fsp3) is 0.333. The van der Waals surface area contributed by atoms with Crippen LogP contribution in [0, 0.1) is 6.92 Å². The topological polar surface area (TPSA) is 120 Å². The van der Waals surface area contributed by atoms with Crippen molar-refractivity contribution in [1.82, 2.24) is 5.16 Å². The van der Waals surface area contributed by atoms with Crippen LogP contribution in [0.1, 0.15) is 12.7 Å². The number of benzene rings is 1. The number of anilines is 2. The summed E-state index contributed by atoms with van der Waals surface area (Å²) < 4.78 is 15.2. The number of esters is 1. The van der Waals surface area contributed by atoms with E-state index in [9.17, 15) is 14.4 Å². The van der Waals surface area contributed by atoms with Crippen molar-refractivity contribution in [2.24, 2.45) is 0 Å². The third-order valence-electron chi connectivity index (χ3n) is 3.17. The van der Waals surface area contributed by atoms with Crippen molar-refractivity contribution in [2.45, 2.75) is 13.8 Å². The minimum absolute atomic E-state index is 0.0366. The monoisotopic (exact) mass is 407 g/mol. The summed E-state index contributed by atoms with van der Waals surface area (Å²) in [6, 6.07) is 8.55. The fourth-order valence-corrected chi connectivity index (χ4v) is 2.67. The molecule has 0 aliphatic rings. The van der Waals surface area contributed by atoms with E-state index in [4.69, 9.17) is 14.0 Å². The number of rotatable bonds is 10. The summed E-state index contributed by atoms with van der Waals surface area (Å²) in [6.45, 7) is 3.58. The molecule has 2 rings (SSSR count). The summed E-state index contributed by atoms with van der Waals surface area (Å²) in [6.07, 6.45) is 0. The number of nitrogens with zero attached hydrogens (tertiary/aromatic N) is 1. The zero-order chi connectivity index (χ0) is 20.4. The van der Waals surface area contributed by atoms with Gasteiger partial charge < -0.3 is 24.6 Å². The molecule has 9 nitrogen and oxygen atoms in total. The van der Waals surface area contributed by atoms with Crippen LogP contribution < -0.4 is 15.4 Å². The molecule has 0 aliphatic carbocycles. The molecule has 1 heterocycles. The van der Waals surface area contributed by atoms with Gasteiger partial charge >= 0.3 is 5.97 Å². The van der Waals surface area contributed by atoms with Crippen LogP contribution in [0.4, 0.5) is 11.5 Å². The van der Waals surface area contributed by atoms with Gasteiger partial charge in [-0.3, -0.25) is 14.4 Å². The van der Waals surface area contributed by atoms with Crippen molar-refractivity contribution in [3.8, 4) is 5.75 Å². The molecule has 0 fully saturated rings. The molecule has 10 heteroatoms. The average Bonchev–Trinajstić information content (AvgIpc) is 3.06. The third-order valence-corrected chi connectivity index (χ3v) is 4.08. The lowest BCUT2D eigenvalue weighted by Gasteiger charge is -2.11. The van der Waals surface area contributed by atoms with Crippen molar-refractivity contribution >= 4 is 41.1 Å². The second-order valence-corrected chi connectivity index (χ2v) is 6.49. The van der Waals surface area contributed by atoms with Crippen molar-refractivity contribution in [2.75, 3.05) is 35.4 Å². The largest absolute Gasteiger partial charge is 0.492 e. The molecule has 0 saturated carbocycles. The molecule has 0 aliphatic heterocycles. The highest BCUT2D eigenvalue weighted by molar-refractivity contribution is 8.00. The standard InChI is InChI=1S/C18H21N3O6S/c1-3-25-14-7-5-4-6-13(14)19-16(22)9-26-18(24)11-28-10-17(23)20-15-8-12(2)27-21-15/h4-8H,3,9-11H2,1-2H3,(H,19,22)(H,20,21,23). The van der Waals surface area contributed by atoms with E-state index in [1.807, 2.05) is 6.92 Å². The highest BCUT2D eigenvalue weighted by Crippen LogP contribution is 2.23. The normalized spacial score (nSPS) is 10.2. The molecule has 28 heavy (non-hydrogen) atoms. The first-order valence-electron chi connectivity index (χ1n) is 8.46. The number of hydrogen-bond acceptors (Lipinski definition) is 8. The lowest BCUT2D eigenvalue weighted by molar-refractivity contribution is -0.144. The quantitative estimate of drug-likeness (QED) is 0.576. The molecule has 0 unspecified atom stereocenters. The molecule has 0 spiro atoms. The van der Waals surface area contributed by atoms with E-state index in [1.165, 1.54) is 0 Å². The minimum atomic E-state index is -0.594. The number of aryl methyl sites for hydroxylation is 1. The summed E-state index contributed by atoms with van der Waals surface area (Å²) in [4.78, 5) is 35.4. The summed E-state index contributed by atoms with van der Waals surface area (Å²) in [5, 5.41) is 8.80. The van der Waals surface area contributed by atoms with Gasteiger partial charge in [0.1, 0.15) is 11.5 Å². The first-order valence-corrected chi connectivity index (χ1v) is 9.61. The molecule has 2 N–H and O–H groups in total. The maximum absolute atomic E-state index is 11.9. The summed E-state index contributed by atoms with van der Waals surface area (Å²) in [7, 11) is 0. The van der Waals surface area contributed by atoms with Crippen LogP contribution in [0.5, 0.6) is 5.75 Å². The third kappa shape index (κ3) is 7.31. The van der Waals surface area contributed by atoms with Crippen molar-refractivity contribution < 1.29 is 28.4 Å². The van der Waals surface area contributed by atoms with Gasteiger partial charge in [-0.2, -0.15) is 0 Å². The van der Waals surface area contributed by atoms with Crippen LogP contribution in [0.2, 0.25) is 0 Å². The zero-order valence-electron chi connectivity index (χ0n) is 15.5. The number of carbonyl (C=O) groups is 3. The Hall–Kier alpha value is -3.01. The van der Waals surface area contributed by atoms with Gasteiger partial charge in [-0.25, -0.2) is 0 Å². The van der Waals surface area contributed by atoms with Gasteiger partial charge in [0.25, 0.3) is 5.91 Å². The van der Waals surface area contributed by atoms with Gasteiger partial charge in [-0.1, -0.05) is 17.3 Å². The van der Waals surface area contributed by atoms with Crippen LogP contribution in [0.25, 0.3) is 0 Å². The van der Waals surface area contributed by atoms with Gasteiger partial charge in [0.2, 0.25) is 5.91 Å². The Morgan fingerprint density at radius 2 is 1.93 bits per heavy atom. The molecule has 0 bridgehead atoms. The number of nitrogens with one attached hydrogen (secondary N) is 2. The van der Waals surface area contributed by atoms with Gasteiger partial charge in [-0.05, 0) is 26.0 Å². The molecular formula is C18H21N3O6S. The Morgan fingerprint density at radius 1 is 1.14 bits per heavy atom. The molecule has 1 aromatic heterocycles. The predicted octanol–water partition coefficient (Wildman–Crippen LogP) is 2.24. The molecule has 2 amide bonds. The first-order chi connectivity index (χ1) is 13.5. The van der Waals surface area contributed by atoms with Crippen molar-refractivity contribution in [3.05, 3.63) is 36.1 Å². The van der Waals surface area contributed by atoms with Crippen LogP contribution in [0.3, 0.4) is 0 Å². The Bertz CT molecular complexity index is 823. The number of aromatic nitrogens is 1. The van der Waals surface area contributed by atoms with E-state index in [0.717, 1.165) is 11.8 Å². The second-order valence-electron chi connectivity index (χ2n) is 5.50. The summed E-state index contributed by atoms with van der Waals surface area (Å²) in [5.41, 5.74) is 0.500. The number of para-hydroxylation sites is 2. The van der Waals surface area contributed by atoms with Crippen LogP contribution in [-0.4, -0.2) is 47.7 Å². The van der Waals surface area contributed by atoms with Crippen LogP contribution >= 0.6 is 11.8 Å². The number of ether oxygens (including phenoxy) is 2. The lowest BCUT2D eigenvalue weighted by Crippen LogP contribution is -2.22. The molecule has 1 aromatic carbocycles. The predicted molar refractivity (Wildman–Crippen MR) is 104 cm³/mol. The molecule has 2 aromatic rings. The van der Waals surface area contributed by atoms with E-state index in [1.54, 1.807) is 37.3 Å². The first kappa shape index (κ1) is 21.3. The van der Waals surface area contributed by atoms with E-state index >= 15 is 0 Å². The van der Waals surface area contributed by atoms with Crippen molar-refractivity contribution in [1.29, 1.82) is 0 Å². The molecular weight excluding hydrogens is 386 g/mol. The second kappa shape index (κ2) is 11.0. The summed E-state index contributed by atoms with van der Waals surface area (Å²) in [5.74, 6) is 0.00416. The molecule has 0 saturated heterocycles. The number of hydrogen-bond donors (Lipinski definition) is 2. The zero-order valence-corrected chi connectivity index (χ0v) is 16.3. The van der Waals surface area contributed by atoms with E-state index in [2.05, 4.69) is 15.8 Å². The SMILES string of the molecule is CCOc1ccccc1NC(=O)COC(=O)CSCC(=O)Nc1cc(C)on1. The molecule has 150 valence electrons. The number of amides is 2. The molecule has 0 atom stereocenters. The highest BCUT2D eigenvalue weighted by atomic mass is 32.2. The highest BCUT2D eigenvalue weighted by Gasteiger charge is 2.12.